The Bertz CT molecular complexity index is 1030. The number of likely N-dealkylation sites (N-methyl/N-ethyl adjacent to an activating group) is 1. The van der Waals surface area contributed by atoms with E-state index in [-0.39, 0.29) is 18.4 Å². The van der Waals surface area contributed by atoms with Gasteiger partial charge in [0.05, 0.1) is 17.6 Å². The Morgan fingerprint density at radius 3 is 2.59 bits per heavy atom. The maximum absolute atomic E-state index is 12.9. The van der Waals surface area contributed by atoms with Gasteiger partial charge in [0, 0.05) is 28.3 Å². The summed E-state index contributed by atoms with van der Waals surface area (Å²) >= 11 is 3.40. The van der Waals surface area contributed by atoms with E-state index in [1.807, 2.05) is 56.3 Å². The van der Waals surface area contributed by atoms with Gasteiger partial charge in [0.2, 0.25) is 5.91 Å². The van der Waals surface area contributed by atoms with E-state index in [2.05, 4.69) is 26.2 Å². The largest absolute Gasteiger partial charge is 0.332 e. The third-order valence-corrected chi connectivity index (χ3v) is 4.76. The van der Waals surface area contributed by atoms with E-state index < -0.39 is 0 Å². The number of aryl methyl sites for hydroxylation is 2. The van der Waals surface area contributed by atoms with Crippen molar-refractivity contribution in [3.8, 4) is 0 Å². The molecule has 0 spiro atoms. The van der Waals surface area contributed by atoms with Gasteiger partial charge in [0.1, 0.15) is 0 Å². The van der Waals surface area contributed by atoms with Crippen LogP contribution in [0.2, 0.25) is 0 Å². The van der Waals surface area contributed by atoms with E-state index in [0.29, 0.717) is 5.56 Å². The topological polar surface area (TPSA) is 62.3 Å². The van der Waals surface area contributed by atoms with E-state index in [0.717, 1.165) is 32.3 Å². The zero-order valence-electron chi connectivity index (χ0n) is 15.4. The molecule has 2 aromatic carbocycles. The Kier molecular flexibility index (Phi) is 5.56. The predicted molar refractivity (Wildman–Crippen MR) is 111 cm³/mol. The van der Waals surface area contributed by atoms with E-state index in [1.165, 1.54) is 4.90 Å². The molecule has 5 nitrogen and oxygen atoms in total. The molecule has 3 aromatic rings. The number of pyridine rings is 1. The van der Waals surface area contributed by atoms with Crippen molar-refractivity contribution in [3.05, 3.63) is 69.8 Å². The number of nitrogens with zero attached hydrogens (tertiary/aromatic N) is 2. The lowest BCUT2D eigenvalue weighted by molar-refractivity contribution is -0.116. The maximum Gasteiger partial charge on any atom is 0.254 e. The second-order valence-electron chi connectivity index (χ2n) is 6.50. The highest BCUT2D eigenvalue weighted by Crippen LogP contribution is 2.21. The molecule has 0 bridgehead atoms. The molecule has 138 valence electrons. The summed E-state index contributed by atoms with van der Waals surface area (Å²) in [7, 11) is 1.63. The van der Waals surface area contributed by atoms with Gasteiger partial charge in [-0.1, -0.05) is 34.1 Å². The summed E-state index contributed by atoms with van der Waals surface area (Å²) in [5.41, 5.74) is 3.76. The lowest BCUT2D eigenvalue weighted by atomic mass is 10.1. The number of para-hydroxylation sites is 1. The molecule has 0 atom stereocenters. The molecule has 3 rings (SSSR count). The molecule has 6 heteroatoms. The number of anilines is 1. The summed E-state index contributed by atoms with van der Waals surface area (Å²) in [4.78, 5) is 31.2. The van der Waals surface area contributed by atoms with E-state index in [4.69, 9.17) is 0 Å². The zero-order chi connectivity index (χ0) is 19.6. The normalized spacial score (nSPS) is 10.7. The Labute approximate surface area is 166 Å². The molecule has 1 heterocycles. The van der Waals surface area contributed by atoms with Crippen LogP contribution in [0.3, 0.4) is 0 Å². The van der Waals surface area contributed by atoms with Crippen LogP contribution in [0, 0.1) is 13.8 Å². The second-order valence-corrected chi connectivity index (χ2v) is 7.41. The SMILES string of the molecule is Cc1cc(C(=O)N(C)CC(=O)Nc2ccc(Br)cc2C)c2ccccc2n1. The number of nitrogens with one attached hydrogen (secondary N) is 1. The third-order valence-electron chi connectivity index (χ3n) is 4.26. The standard InChI is InChI=1S/C21H20BrN3O2/c1-13-10-15(22)8-9-18(13)24-20(26)12-25(3)21(27)17-11-14(2)23-19-7-5-4-6-16(17)19/h4-11H,12H2,1-3H3,(H,24,26). The van der Waals surface area contributed by atoms with Crippen LogP contribution in [0.1, 0.15) is 21.6 Å². The summed E-state index contributed by atoms with van der Waals surface area (Å²) in [6.07, 6.45) is 0. The molecule has 1 N–H and O–H groups in total. The maximum atomic E-state index is 12.9. The smallest absolute Gasteiger partial charge is 0.254 e. The van der Waals surface area contributed by atoms with Gasteiger partial charge >= 0.3 is 0 Å². The van der Waals surface area contributed by atoms with E-state index in [9.17, 15) is 9.59 Å². The molecule has 0 unspecified atom stereocenters. The summed E-state index contributed by atoms with van der Waals surface area (Å²) in [5, 5.41) is 3.64. The Morgan fingerprint density at radius 1 is 1.11 bits per heavy atom. The highest BCUT2D eigenvalue weighted by Gasteiger charge is 2.18. The first-order valence-corrected chi connectivity index (χ1v) is 9.32. The fraction of sp³-hybridized carbons (Fsp3) is 0.190. The number of amides is 2. The van der Waals surface area contributed by atoms with Gasteiger partial charge in [-0.15, -0.1) is 0 Å². The molecular weight excluding hydrogens is 406 g/mol. The number of rotatable bonds is 4. The molecule has 27 heavy (non-hydrogen) atoms. The highest BCUT2D eigenvalue weighted by atomic mass is 79.9. The molecule has 0 saturated carbocycles. The number of halogens is 1. The van der Waals surface area contributed by atoms with Crippen LogP contribution in [-0.4, -0.2) is 35.3 Å². The van der Waals surface area contributed by atoms with Crippen LogP contribution < -0.4 is 5.32 Å². The van der Waals surface area contributed by atoms with Crippen LogP contribution in [0.4, 0.5) is 5.69 Å². The molecule has 0 aliphatic carbocycles. The van der Waals surface area contributed by atoms with Crippen molar-refractivity contribution in [2.45, 2.75) is 13.8 Å². The van der Waals surface area contributed by atoms with Crippen molar-refractivity contribution < 1.29 is 9.59 Å². The number of hydrogen-bond acceptors (Lipinski definition) is 3. The molecular formula is C21H20BrN3O2. The summed E-state index contributed by atoms with van der Waals surface area (Å²) < 4.78 is 0.949. The number of fused-ring (bicyclic) bond motifs is 1. The van der Waals surface area contributed by atoms with Gasteiger partial charge in [0.15, 0.2) is 0 Å². The minimum atomic E-state index is -0.244. The minimum Gasteiger partial charge on any atom is -0.332 e. The van der Waals surface area contributed by atoms with Gasteiger partial charge < -0.3 is 10.2 Å². The number of carbonyl (C=O) groups is 2. The van der Waals surface area contributed by atoms with Crippen molar-refractivity contribution in [1.82, 2.24) is 9.88 Å². The average molecular weight is 426 g/mol. The monoisotopic (exact) mass is 425 g/mol. The molecule has 1 aromatic heterocycles. The summed E-state index contributed by atoms with van der Waals surface area (Å²) in [6, 6.07) is 14.9. The van der Waals surface area contributed by atoms with Crippen molar-refractivity contribution in [1.29, 1.82) is 0 Å². The number of benzene rings is 2. The Balaban J connectivity index is 1.77. The molecule has 0 saturated heterocycles. The fourth-order valence-corrected chi connectivity index (χ4v) is 3.41. The summed E-state index contributed by atoms with van der Waals surface area (Å²) in [6.45, 7) is 3.73. The Morgan fingerprint density at radius 2 is 1.85 bits per heavy atom. The summed E-state index contributed by atoms with van der Waals surface area (Å²) in [5.74, 6) is -0.453. The van der Waals surface area contributed by atoms with Crippen molar-refractivity contribution >= 4 is 44.3 Å². The predicted octanol–water partition coefficient (Wildman–Crippen LogP) is 4.32. The molecule has 0 radical (unpaired) electrons. The zero-order valence-corrected chi connectivity index (χ0v) is 17.0. The van der Waals surface area contributed by atoms with E-state index in [1.54, 1.807) is 13.1 Å². The first-order chi connectivity index (χ1) is 12.8. The van der Waals surface area contributed by atoms with Crippen LogP contribution in [0.5, 0.6) is 0 Å². The van der Waals surface area contributed by atoms with Gasteiger partial charge in [-0.2, -0.15) is 0 Å². The van der Waals surface area contributed by atoms with Crippen LogP contribution >= 0.6 is 15.9 Å². The van der Waals surface area contributed by atoms with Gasteiger partial charge in [0.25, 0.3) is 5.91 Å². The quantitative estimate of drug-likeness (QED) is 0.676. The van der Waals surface area contributed by atoms with Crippen molar-refractivity contribution in [2.24, 2.45) is 0 Å². The van der Waals surface area contributed by atoms with Crippen LogP contribution in [0.15, 0.2) is 53.0 Å². The average Bonchev–Trinajstić information content (AvgIpc) is 2.62. The van der Waals surface area contributed by atoms with Gasteiger partial charge in [-0.05, 0) is 49.7 Å². The lowest BCUT2D eigenvalue weighted by Gasteiger charge is -2.18. The van der Waals surface area contributed by atoms with Crippen molar-refractivity contribution in [2.75, 3.05) is 18.9 Å². The molecule has 0 aliphatic heterocycles. The lowest BCUT2D eigenvalue weighted by Crippen LogP contribution is -2.35. The molecule has 0 aliphatic rings. The number of aromatic nitrogens is 1. The van der Waals surface area contributed by atoms with Crippen LogP contribution in [-0.2, 0) is 4.79 Å². The molecule has 2 amide bonds. The van der Waals surface area contributed by atoms with Gasteiger partial charge in [-0.3, -0.25) is 14.6 Å². The van der Waals surface area contributed by atoms with E-state index >= 15 is 0 Å². The highest BCUT2D eigenvalue weighted by molar-refractivity contribution is 9.10. The van der Waals surface area contributed by atoms with Crippen LogP contribution in [0.25, 0.3) is 10.9 Å². The minimum absolute atomic E-state index is 0.0377. The second kappa shape index (κ2) is 7.88. The van der Waals surface area contributed by atoms with Gasteiger partial charge in [-0.25, -0.2) is 0 Å². The van der Waals surface area contributed by atoms with Crippen molar-refractivity contribution in [3.63, 3.8) is 0 Å². The third kappa shape index (κ3) is 4.34. The Hall–Kier alpha value is -2.73. The molecule has 0 fully saturated rings. The number of carbonyl (C=O) groups excluding carboxylic acids is 2. The first-order valence-electron chi connectivity index (χ1n) is 8.53. The fourth-order valence-electron chi connectivity index (χ4n) is 2.93. The number of hydrogen-bond donors (Lipinski definition) is 1. The first kappa shape index (κ1) is 19.0.